The van der Waals surface area contributed by atoms with E-state index in [1.807, 2.05) is 18.2 Å². The van der Waals surface area contributed by atoms with Gasteiger partial charge in [0.25, 0.3) is 0 Å². The van der Waals surface area contributed by atoms with Crippen molar-refractivity contribution < 1.29 is 9.53 Å². The zero-order chi connectivity index (χ0) is 18.1. The minimum Gasteiger partial charge on any atom is -0.356 e. The molecule has 1 aromatic carbocycles. The largest absolute Gasteiger partial charge is 0.356 e. The summed E-state index contributed by atoms with van der Waals surface area (Å²) in [6.07, 6.45) is 4.70. The molecule has 2 heterocycles. The summed E-state index contributed by atoms with van der Waals surface area (Å²) in [4.78, 5) is 15.4. The predicted octanol–water partition coefficient (Wildman–Crippen LogP) is 4.28. The molecule has 3 nitrogen and oxygen atoms in total. The van der Waals surface area contributed by atoms with Crippen LogP contribution in [0.2, 0.25) is 0 Å². The van der Waals surface area contributed by atoms with E-state index in [4.69, 9.17) is 4.74 Å². The van der Waals surface area contributed by atoms with Gasteiger partial charge in [0.1, 0.15) is 6.23 Å². The van der Waals surface area contributed by atoms with Gasteiger partial charge in [0.05, 0.1) is 6.10 Å². The Hall–Kier alpha value is -1.45. The Kier molecular flexibility index (Phi) is 3.71. The van der Waals surface area contributed by atoms with Crippen LogP contribution in [0.4, 0.5) is 0 Å². The molecule has 2 aliphatic carbocycles. The minimum absolute atomic E-state index is 0.0109. The fourth-order valence-corrected chi connectivity index (χ4v) is 6.07. The van der Waals surface area contributed by atoms with E-state index in [-0.39, 0.29) is 11.8 Å². The number of fused-ring (bicyclic) bond motifs is 4. The molecule has 4 aliphatic rings. The number of carbonyl (C=O) groups is 1. The summed E-state index contributed by atoms with van der Waals surface area (Å²) in [5.74, 6) is 1.98. The van der Waals surface area contributed by atoms with Gasteiger partial charge in [0.15, 0.2) is 5.78 Å². The van der Waals surface area contributed by atoms with Crippen molar-refractivity contribution in [1.29, 1.82) is 0 Å². The highest BCUT2D eigenvalue weighted by Gasteiger charge is 2.57. The Morgan fingerprint density at radius 2 is 1.92 bits per heavy atom. The topological polar surface area (TPSA) is 29.5 Å². The van der Waals surface area contributed by atoms with Crippen LogP contribution in [-0.2, 0) is 9.53 Å². The Morgan fingerprint density at radius 3 is 2.69 bits per heavy atom. The number of allylic oxidation sites excluding steroid dienone is 1. The lowest BCUT2D eigenvalue weighted by Crippen LogP contribution is -2.62. The number of carbonyl (C=O) groups excluding carboxylic acids is 1. The van der Waals surface area contributed by atoms with Gasteiger partial charge in [0.2, 0.25) is 0 Å². The third kappa shape index (κ3) is 2.30. The highest BCUT2D eigenvalue weighted by molar-refractivity contribution is 6.24. The number of benzene rings is 1. The average molecular weight is 351 g/mol. The summed E-state index contributed by atoms with van der Waals surface area (Å²) in [7, 11) is 0. The normalized spacial score (nSPS) is 38.9. The first-order valence-electron chi connectivity index (χ1n) is 10.2. The number of ether oxygens (including phenoxy) is 1. The molecular formula is C23H29NO2. The van der Waals surface area contributed by atoms with E-state index in [1.165, 1.54) is 18.4 Å². The van der Waals surface area contributed by atoms with Crippen molar-refractivity contribution in [2.75, 3.05) is 6.54 Å². The maximum atomic E-state index is 12.8. The minimum atomic E-state index is -0.0109. The van der Waals surface area contributed by atoms with Gasteiger partial charge in [-0.05, 0) is 43.7 Å². The average Bonchev–Trinajstić information content (AvgIpc) is 3.11. The molecule has 0 amide bonds. The molecule has 3 fully saturated rings. The second-order valence-electron chi connectivity index (χ2n) is 9.38. The maximum Gasteiger partial charge on any atom is 0.164 e. The molecule has 3 heteroatoms. The van der Waals surface area contributed by atoms with Gasteiger partial charge >= 0.3 is 0 Å². The van der Waals surface area contributed by atoms with Crippen LogP contribution in [0, 0.1) is 17.8 Å². The van der Waals surface area contributed by atoms with Crippen molar-refractivity contribution in [2.45, 2.75) is 64.3 Å². The lowest BCUT2D eigenvalue weighted by Gasteiger charge is -2.55. The third-order valence-corrected chi connectivity index (χ3v) is 7.47. The van der Waals surface area contributed by atoms with E-state index in [0.717, 1.165) is 30.0 Å². The van der Waals surface area contributed by atoms with Crippen molar-refractivity contribution in [2.24, 2.45) is 17.8 Å². The Balaban J connectivity index is 1.59. The number of rotatable bonds is 1. The molecule has 0 radical (unpaired) electrons. The first-order valence-corrected chi connectivity index (χ1v) is 10.2. The van der Waals surface area contributed by atoms with Gasteiger partial charge in [0, 0.05) is 35.9 Å². The summed E-state index contributed by atoms with van der Waals surface area (Å²) in [5.41, 5.74) is 3.42. The van der Waals surface area contributed by atoms with Crippen LogP contribution in [0.5, 0.6) is 0 Å². The smallest absolute Gasteiger partial charge is 0.164 e. The third-order valence-electron chi connectivity index (χ3n) is 7.47. The molecule has 0 unspecified atom stereocenters. The zero-order valence-electron chi connectivity index (χ0n) is 16.1. The zero-order valence-corrected chi connectivity index (χ0v) is 16.1. The van der Waals surface area contributed by atoms with Gasteiger partial charge in [-0.2, -0.15) is 0 Å². The second kappa shape index (κ2) is 5.77. The van der Waals surface area contributed by atoms with Crippen LogP contribution in [-0.4, -0.2) is 35.1 Å². The van der Waals surface area contributed by atoms with Crippen molar-refractivity contribution in [1.82, 2.24) is 4.90 Å². The molecule has 5 atom stereocenters. The van der Waals surface area contributed by atoms with E-state index in [9.17, 15) is 4.79 Å². The highest BCUT2D eigenvalue weighted by atomic mass is 16.5. The van der Waals surface area contributed by atoms with Crippen LogP contribution in [0.25, 0.3) is 5.57 Å². The maximum absolute atomic E-state index is 12.8. The second-order valence-corrected chi connectivity index (χ2v) is 9.38. The number of nitrogens with zero attached hydrogens (tertiary/aromatic N) is 1. The van der Waals surface area contributed by atoms with Crippen LogP contribution in [0.3, 0.4) is 0 Å². The summed E-state index contributed by atoms with van der Waals surface area (Å²) in [5, 5.41) is 0. The van der Waals surface area contributed by atoms with Crippen LogP contribution < -0.4 is 0 Å². The molecule has 0 N–H and O–H groups in total. The van der Waals surface area contributed by atoms with E-state index in [0.29, 0.717) is 30.1 Å². The van der Waals surface area contributed by atoms with E-state index < -0.39 is 0 Å². The highest BCUT2D eigenvalue weighted by Crippen LogP contribution is 2.53. The Morgan fingerprint density at radius 1 is 1.15 bits per heavy atom. The van der Waals surface area contributed by atoms with Gasteiger partial charge in [-0.25, -0.2) is 0 Å². The first kappa shape index (κ1) is 16.7. The summed E-state index contributed by atoms with van der Waals surface area (Å²) in [6, 6.07) is 10.2. The molecule has 1 saturated carbocycles. The number of ketones is 1. The number of hydrogen-bond donors (Lipinski definition) is 0. The van der Waals surface area contributed by atoms with E-state index in [1.54, 1.807) is 0 Å². The fourth-order valence-electron chi connectivity index (χ4n) is 6.07. The van der Waals surface area contributed by atoms with Gasteiger partial charge < -0.3 is 4.74 Å². The van der Waals surface area contributed by atoms with Crippen molar-refractivity contribution >= 4 is 11.4 Å². The molecule has 2 aliphatic heterocycles. The van der Waals surface area contributed by atoms with Gasteiger partial charge in [-0.1, -0.05) is 43.7 Å². The lowest BCUT2D eigenvalue weighted by atomic mass is 9.70. The quantitative estimate of drug-likeness (QED) is 0.756. The van der Waals surface area contributed by atoms with Crippen molar-refractivity contribution in [3.63, 3.8) is 0 Å². The lowest BCUT2D eigenvalue weighted by molar-refractivity contribution is -0.207. The van der Waals surface area contributed by atoms with Crippen molar-refractivity contribution in [3.05, 3.63) is 41.5 Å². The standard InChI is InChI=1S/C23H29NO2/c1-14-9-10-17-19(11-14)26-22-21-16(13-24(22)23(17,2)3)12-18(25)20(21)15-7-5-4-6-8-15/h4-8,14,16-17,19,22H,9-13H2,1-3H3/t14-,16-,17-,19-,22+/m1/s1. The predicted molar refractivity (Wildman–Crippen MR) is 102 cm³/mol. The van der Waals surface area contributed by atoms with Crippen molar-refractivity contribution in [3.8, 4) is 0 Å². The molecule has 138 valence electrons. The Bertz CT molecular complexity index is 766. The molecule has 2 saturated heterocycles. The summed E-state index contributed by atoms with van der Waals surface area (Å²) >= 11 is 0. The van der Waals surface area contributed by atoms with Crippen LogP contribution in [0.1, 0.15) is 52.0 Å². The number of hydrogen-bond acceptors (Lipinski definition) is 3. The fraction of sp³-hybridized carbons (Fsp3) is 0.609. The molecule has 0 bridgehead atoms. The summed E-state index contributed by atoms with van der Waals surface area (Å²) < 4.78 is 6.75. The summed E-state index contributed by atoms with van der Waals surface area (Å²) in [6.45, 7) is 8.13. The molecule has 0 spiro atoms. The molecule has 5 rings (SSSR count). The van der Waals surface area contributed by atoms with E-state index in [2.05, 4.69) is 37.8 Å². The molecule has 1 aromatic rings. The molecule has 0 aromatic heterocycles. The first-order chi connectivity index (χ1) is 12.5. The van der Waals surface area contributed by atoms with Crippen LogP contribution >= 0.6 is 0 Å². The van der Waals surface area contributed by atoms with Gasteiger partial charge in [-0.3, -0.25) is 9.69 Å². The monoisotopic (exact) mass is 351 g/mol. The Labute approximate surface area is 156 Å². The molecular weight excluding hydrogens is 322 g/mol. The van der Waals surface area contributed by atoms with E-state index >= 15 is 0 Å². The van der Waals surface area contributed by atoms with Gasteiger partial charge in [-0.15, -0.1) is 0 Å². The molecule has 26 heavy (non-hydrogen) atoms. The number of Topliss-reactive ketones (excluding diaryl/α,β-unsaturated/α-hetero) is 1. The SMILES string of the molecule is C[C@@H]1CC[C@@H]2[C@@H](C1)O[C@H]1C3=C(c4ccccc4)C(=O)C[C@@H]3CN1C2(C)C. The van der Waals surface area contributed by atoms with Crippen LogP contribution in [0.15, 0.2) is 35.9 Å².